The second-order valence-electron chi connectivity index (χ2n) is 6.92. The third-order valence-corrected chi connectivity index (χ3v) is 5.24. The summed E-state index contributed by atoms with van der Waals surface area (Å²) < 4.78 is 5.16. The smallest absolute Gasteiger partial charge is 0.295 e. The van der Waals surface area contributed by atoms with E-state index in [0.717, 1.165) is 16.3 Å². The van der Waals surface area contributed by atoms with Gasteiger partial charge in [-0.1, -0.05) is 72.8 Å². The van der Waals surface area contributed by atoms with Crippen molar-refractivity contribution in [1.82, 2.24) is 4.90 Å². The van der Waals surface area contributed by atoms with Gasteiger partial charge in [-0.25, -0.2) is 0 Å². The molecule has 0 unspecified atom stereocenters. The van der Waals surface area contributed by atoms with Crippen molar-refractivity contribution in [3.05, 3.63) is 89.5 Å². The van der Waals surface area contributed by atoms with E-state index in [1.54, 1.807) is 31.4 Å². The highest BCUT2D eigenvalue weighted by molar-refractivity contribution is 6.46. The lowest BCUT2D eigenvalue weighted by molar-refractivity contribution is -0.140. The van der Waals surface area contributed by atoms with Crippen molar-refractivity contribution in [2.75, 3.05) is 20.3 Å². The summed E-state index contributed by atoms with van der Waals surface area (Å²) in [6, 6.07) is 21.7. The van der Waals surface area contributed by atoms with E-state index in [2.05, 4.69) is 0 Å². The number of rotatable bonds is 5. The van der Waals surface area contributed by atoms with Crippen LogP contribution in [0.2, 0.25) is 0 Å². The highest BCUT2D eigenvalue weighted by Gasteiger charge is 2.46. The molecule has 1 aliphatic heterocycles. The van der Waals surface area contributed by atoms with Gasteiger partial charge in [0.25, 0.3) is 11.7 Å². The molecule has 29 heavy (non-hydrogen) atoms. The number of amides is 1. The number of hydrogen-bond donors (Lipinski definition) is 1. The summed E-state index contributed by atoms with van der Waals surface area (Å²) >= 11 is 0. The highest BCUT2D eigenvalue weighted by atomic mass is 16.5. The Morgan fingerprint density at radius 2 is 1.66 bits per heavy atom. The van der Waals surface area contributed by atoms with Crippen LogP contribution in [0.3, 0.4) is 0 Å². The second-order valence-corrected chi connectivity index (χ2v) is 6.92. The molecule has 0 bridgehead atoms. The SMILES string of the molecule is COCCN1C(=O)C(=O)/C(=C(/O)c2ccccc2)[C@@H]1c1cccc2ccccc12. The lowest BCUT2D eigenvalue weighted by Gasteiger charge is -2.26. The number of ether oxygens (including phenoxy) is 1. The predicted octanol–water partition coefficient (Wildman–Crippen LogP) is 3.91. The lowest BCUT2D eigenvalue weighted by Crippen LogP contribution is -2.32. The van der Waals surface area contributed by atoms with E-state index >= 15 is 0 Å². The number of Topliss-reactive ketones (excluding diaryl/α,β-unsaturated/α-hetero) is 1. The van der Waals surface area contributed by atoms with Crippen LogP contribution < -0.4 is 0 Å². The van der Waals surface area contributed by atoms with Crippen LogP contribution in [0.25, 0.3) is 16.5 Å². The van der Waals surface area contributed by atoms with Crippen LogP contribution in [0.1, 0.15) is 17.2 Å². The Balaban J connectivity index is 1.96. The number of methoxy groups -OCH3 is 1. The molecule has 0 aromatic heterocycles. The number of benzene rings is 3. The number of nitrogens with zero attached hydrogens (tertiary/aromatic N) is 1. The largest absolute Gasteiger partial charge is 0.507 e. The van der Waals surface area contributed by atoms with E-state index in [4.69, 9.17) is 4.74 Å². The van der Waals surface area contributed by atoms with Crippen molar-refractivity contribution in [2.24, 2.45) is 0 Å². The Morgan fingerprint density at radius 1 is 0.966 bits per heavy atom. The maximum atomic E-state index is 13.0. The van der Waals surface area contributed by atoms with Crippen LogP contribution in [0.4, 0.5) is 0 Å². The van der Waals surface area contributed by atoms with Crippen LogP contribution in [0, 0.1) is 0 Å². The first-order chi connectivity index (χ1) is 14.1. The molecule has 0 aliphatic carbocycles. The summed E-state index contributed by atoms with van der Waals surface area (Å²) in [5.74, 6) is -1.47. The Labute approximate surface area is 168 Å². The van der Waals surface area contributed by atoms with E-state index in [9.17, 15) is 14.7 Å². The quantitative estimate of drug-likeness (QED) is 0.410. The maximum Gasteiger partial charge on any atom is 0.295 e. The first-order valence-electron chi connectivity index (χ1n) is 9.44. The Bertz CT molecular complexity index is 1100. The van der Waals surface area contributed by atoms with E-state index in [1.807, 2.05) is 48.5 Å². The molecule has 1 heterocycles. The van der Waals surface area contributed by atoms with Crippen LogP contribution in [0.15, 0.2) is 78.4 Å². The van der Waals surface area contributed by atoms with Crippen LogP contribution in [-0.4, -0.2) is 42.0 Å². The molecule has 0 saturated carbocycles. The minimum atomic E-state index is -0.684. The average molecular weight is 387 g/mol. The van der Waals surface area contributed by atoms with Crippen molar-refractivity contribution >= 4 is 28.2 Å². The molecule has 0 spiro atoms. The first kappa shape index (κ1) is 18.9. The molecule has 1 saturated heterocycles. The number of fused-ring (bicyclic) bond motifs is 1. The first-order valence-corrected chi connectivity index (χ1v) is 9.44. The molecular weight excluding hydrogens is 366 g/mol. The molecule has 1 amide bonds. The summed E-state index contributed by atoms with van der Waals surface area (Å²) in [6.45, 7) is 0.542. The van der Waals surface area contributed by atoms with Crippen molar-refractivity contribution < 1.29 is 19.4 Å². The van der Waals surface area contributed by atoms with Gasteiger partial charge in [0.1, 0.15) is 5.76 Å². The molecule has 1 fully saturated rings. The highest BCUT2D eigenvalue weighted by Crippen LogP contribution is 2.41. The Morgan fingerprint density at radius 3 is 2.41 bits per heavy atom. The van der Waals surface area contributed by atoms with Crippen molar-refractivity contribution in [2.45, 2.75) is 6.04 Å². The van der Waals surface area contributed by atoms with E-state index in [-0.39, 0.29) is 17.9 Å². The third-order valence-electron chi connectivity index (χ3n) is 5.24. The lowest BCUT2D eigenvalue weighted by atomic mass is 9.91. The molecule has 1 N–H and O–H groups in total. The van der Waals surface area contributed by atoms with Crippen molar-refractivity contribution in [3.63, 3.8) is 0 Å². The normalized spacial score (nSPS) is 18.5. The molecule has 3 aromatic carbocycles. The number of likely N-dealkylation sites (tertiary alicyclic amines) is 1. The molecule has 146 valence electrons. The zero-order valence-electron chi connectivity index (χ0n) is 16.0. The number of ketones is 1. The van der Waals surface area contributed by atoms with Gasteiger partial charge in [0, 0.05) is 19.2 Å². The fourth-order valence-corrected chi connectivity index (χ4v) is 3.86. The van der Waals surface area contributed by atoms with Gasteiger partial charge in [-0.05, 0) is 16.3 Å². The maximum absolute atomic E-state index is 13.0. The van der Waals surface area contributed by atoms with Crippen molar-refractivity contribution in [1.29, 1.82) is 0 Å². The Hall–Kier alpha value is -3.44. The van der Waals surface area contributed by atoms with E-state index in [0.29, 0.717) is 12.2 Å². The molecule has 5 heteroatoms. The molecule has 3 aromatic rings. The van der Waals surface area contributed by atoms with Gasteiger partial charge >= 0.3 is 0 Å². The van der Waals surface area contributed by atoms with E-state index in [1.165, 1.54) is 4.90 Å². The van der Waals surface area contributed by atoms with Crippen LogP contribution in [-0.2, 0) is 14.3 Å². The van der Waals surface area contributed by atoms with Crippen LogP contribution in [0.5, 0.6) is 0 Å². The molecule has 0 radical (unpaired) electrons. The fourth-order valence-electron chi connectivity index (χ4n) is 3.86. The summed E-state index contributed by atoms with van der Waals surface area (Å²) in [7, 11) is 1.55. The summed E-state index contributed by atoms with van der Waals surface area (Å²) in [6.07, 6.45) is 0. The third kappa shape index (κ3) is 3.30. The van der Waals surface area contributed by atoms with Gasteiger partial charge in [-0.15, -0.1) is 0 Å². The summed E-state index contributed by atoms with van der Waals surface area (Å²) in [5.41, 5.74) is 1.41. The van der Waals surface area contributed by atoms with E-state index < -0.39 is 17.7 Å². The number of aliphatic hydroxyl groups is 1. The van der Waals surface area contributed by atoms with Gasteiger partial charge in [0.15, 0.2) is 0 Å². The predicted molar refractivity (Wildman–Crippen MR) is 111 cm³/mol. The monoisotopic (exact) mass is 387 g/mol. The fraction of sp³-hybridized carbons (Fsp3) is 0.167. The molecule has 4 rings (SSSR count). The van der Waals surface area contributed by atoms with Crippen molar-refractivity contribution in [3.8, 4) is 0 Å². The Kier molecular flexibility index (Phi) is 5.14. The van der Waals surface area contributed by atoms with Gasteiger partial charge in [0.2, 0.25) is 0 Å². The van der Waals surface area contributed by atoms with Gasteiger partial charge in [-0.2, -0.15) is 0 Å². The molecular formula is C24H21NO4. The van der Waals surface area contributed by atoms with Crippen LogP contribution >= 0.6 is 0 Å². The summed E-state index contributed by atoms with van der Waals surface area (Å²) in [4.78, 5) is 27.3. The number of carbonyl (C=O) groups excluding carboxylic acids is 2. The van der Waals surface area contributed by atoms with Gasteiger partial charge in [0.05, 0.1) is 18.2 Å². The number of carbonyl (C=O) groups is 2. The standard InChI is InChI=1S/C24H21NO4/c1-29-15-14-25-21(19-13-7-11-16-8-5-6-12-18(16)19)20(23(27)24(25)28)22(26)17-9-3-2-4-10-17/h2-13,21,26H,14-15H2,1H3/b22-20+/t21-/m0/s1. The zero-order valence-corrected chi connectivity index (χ0v) is 16.0. The molecule has 1 aliphatic rings. The number of hydrogen-bond acceptors (Lipinski definition) is 4. The minimum Gasteiger partial charge on any atom is -0.507 e. The minimum absolute atomic E-state index is 0.105. The second kappa shape index (κ2) is 7.89. The molecule has 1 atom stereocenters. The average Bonchev–Trinajstić information content (AvgIpc) is 3.02. The van der Waals surface area contributed by atoms with Gasteiger partial charge in [-0.3, -0.25) is 9.59 Å². The molecule has 5 nitrogen and oxygen atoms in total. The topological polar surface area (TPSA) is 66.8 Å². The van der Waals surface area contributed by atoms with Gasteiger partial charge < -0.3 is 14.7 Å². The summed E-state index contributed by atoms with van der Waals surface area (Å²) in [5, 5.41) is 12.9. The zero-order chi connectivity index (χ0) is 20.4. The number of aliphatic hydroxyl groups excluding tert-OH is 1.